The highest BCUT2D eigenvalue weighted by Gasteiger charge is 2.36. The lowest BCUT2D eigenvalue weighted by molar-refractivity contribution is -0.137. The summed E-state index contributed by atoms with van der Waals surface area (Å²) in [5.41, 5.74) is 0.454. The van der Waals surface area contributed by atoms with Crippen LogP contribution in [0.15, 0.2) is 42.5 Å². The van der Waals surface area contributed by atoms with E-state index in [9.17, 15) is 22.8 Å². The number of anilines is 2. The van der Waals surface area contributed by atoms with Crippen LogP contribution >= 0.6 is 0 Å². The average Bonchev–Trinajstić information content (AvgIpc) is 2.53. The Balaban J connectivity index is 2.10. The molecule has 2 rings (SSSR count). The minimum Gasteiger partial charge on any atom is -0.325 e. The summed E-state index contributed by atoms with van der Waals surface area (Å²) in [6.07, 6.45) is -4.45. The second-order valence-electron chi connectivity index (χ2n) is 6.98. The van der Waals surface area contributed by atoms with Crippen molar-refractivity contribution in [3.05, 3.63) is 59.2 Å². The van der Waals surface area contributed by atoms with E-state index in [-0.39, 0.29) is 5.69 Å². The maximum atomic E-state index is 12.6. The lowest BCUT2D eigenvalue weighted by Gasteiger charge is -2.23. The topological polar surface area (TPSA) is 58.2 Å². The van der Waals surface area contributed by atoms with E-state index in [4.69, 9.17) is 0 Å². The Kier molecular flexibility index (Phi) is 5.63. The van der Waals surface area contributed by atoms with Gasteiger partial charge < -0.3 is 10.6 Å². The van der Waals surface area contributed by atoms with Crippen molar-refractivity contribution in [1.29, 1.82) is 0 Å². The van der Waals surface area contributed by atoms with Gasteiger partial charge in [0.05, 0.1) is 5.56 Å². The smallest absolute Gasteiger partial charge is 0.325 e. The van der Waals surface area contributed by atoms with E-state index in [0.29, 0.717) is 5.69 Å². The highest BCUT2D eigenvalue weighted by atomic mass is 19.4. The van der Waals surface area contributed by atoms with Crippen LogP contribution in [0.25, 0.3) is 0 Å². The Morgan fingerprint density at radius 2 is 1.22 bits per heavy atom. The van der Waals surface area contributed by atoms with Crippen LogP contribution in [0.2, 0.25) is 0 Å². The van der Waals surface area contributed by atoms with Crippen LogP contribution in [0.4, 0.5) is 24.5 Å². The molecule has 2 amide bonds. The molecule has 0 aromatic heterocycles. The van der Waals surface area contributed by atoms with E-state index in [2.05, 4.69) is 10.6 Å². The highest BCUT2D eigenvalue weighted by molar-refractivity contribution is 6.14. The van der Waals surface area contributed by atoms with Gasteiger partial charge in [0.2, 0.25) is 11.8 Å². The van der Waals surface area contributed by atoms with Crippen molar-refractivity contribution < 1.29 is 22.8 Å². The Labute approximate surface area is 155 Å². The molecule has 0 saturated heterocycles. The number of amides is 2. The number of rotatable bonds is 4. The van der Waals surface area contributed by atoms with Crippen LogP contribution in [0.3, 0.4) is 0 Å². The predicted octanol–water partition coefficient (Wildman–Crippen LogP) is 4.93. The summed E-state index contributed by atoms with van der Waals surface area (Å²) in [7, 11) is 0. The van der Waals surface area contributed by atoms with Crippen molar-refractivity contribution in [2.45, 2.75) is 33.9 Å². The lowest BCUT2D eigenvalue weighted by atomic mass is 9.90. The summed E-state index contributed by atoms with van der Waals surface area (Å²) in [6, 6.07) is 9.58. The Morgan fingerprint density at radius 3 is 1.67 bits per heavy atom. The molecule has 0 atom stereocenters. The number of halogens is 3. The van der Waals surface area contributed by atoms with E-state index in [1.165, 1.54) is 13.8 Å². The number of aryl methyl sites for hydroxylation is 2. The Hall–Kier alpha value is -2.83. The molecule has 27 heavy (non-hydrogen) atoms. The first kappa shape index (κ1) is 20.5. The van der Waals surface area contributed by atoms with Crippen molar-refractivity contribution in [2.75, 3.05) is 10.6 Å². The van der Waals surface area contributed by atoms with E-state index in [1.54, 1.807) is 12.1 Å². The minimum absolute atomic E-state index is 0.181. The van der Waals surface area contributed by atoms with Crippen molar-refractivity contribution >= 4 is 23.2 Å². The fourth-order valence-electron chi connectivity index (χ4n) is 2.47. The van der Waals surface area contributed by atoms with Gasteiger partial charge in [0, 0.05) is 11.4 Å². The molecule has 4 nitrogen and oxygen atoms in total. The van der Waals surface area contributed by atoms with E-state index in [0.717, 1.165) is 35.4 Å². The molecule has 0 aliphatic rings. The summed E-state index contributed by atoms with van der Waals surface area (Å²) in [4.78, 5) is 25.0. The molecule has 0 fully saturated rings. The van der Waals surface area contributed by atoms with Crippen molar-refractivity contribution in [3.8, 4) is 0 Å². The van der Waals surface area contributed by atoms with Crippen molar-refractivity contribution in [3.63, 3.8) is 0 Å². The largest absolute Gasteiger partial charge is 0.416 e. The normalized spacial score (nSPS) is 11.8. The van der Waals surface area contributed by atoms with Crippen LogP contribution in [-0.2, 0) is 15.8 Å². The van der Waals surface area contributed by atoms with Crippen LogP contribution in [-0.4, -0.2) is 11.8 Å². The van der Waals surface area contributed by atoms with Gasteiger partial charge in [-0.1, -0.05) is 6.07 Å². The summed E-state index contributed by atoms with van der Waals surface area (Å²) in [5.74, 6) is -1.14. The molecule has 2 aromatic rings. The average molecular weight is 378 g/mol. The lowest BCUT2D eigenvalue weighted by Crippen LogP contribution is -2.41. The zero-order valence-corrected chi connectivity index (χ0v) is 15.5. The molecular formula is C20H21F3N2O2. The first-order valence-electron chi connectivity index (χ1n) is 8.28. The number of nitrogens with one attached hydrogen (secondary N) is 2. The van der Waals surface area contributed by atoms with Gasteiger partial charge >= 0.3 is 6.18 Å². The van der Waals surface area contributed by atoms with Gasteiger partial charge in [-0.05, 0) is 75.2 Å². The first-order valence-corrected chi connectivity index (χ1v) is 8.28. The molecule has 7 heteroatoms. The highest BCUT2D eigenvalue weighted by Crippen LogP contribution is 2.30. The van der Waals surface area contributed by atoms with Gasteiger partial charge in [0.25, 0.3) is 0 Å². The van der Waals surface area contributed by atoms with Gasteiger partial charge in [-0.25, -0.2) is 0 Å². The number of carbonyl (C=O) groups is 2. The SMILES string of the molecule is Cc1cc(C)cc(NC(=O)C(C)(C)C(=O)Nc2ccc(C(F)(F)F)cc2)c1. The second kappa shape index (κ2) is 7.42. The molecule has 0 spiro atoms. The van der Waals surface area contributed by atoms with Gasteiger partial charge in [0.15, 0.2) is 0 Å². The Morgan fingerprint density at radius 1 is 0.778 bits per heavy atom. The second-order valence-corrected chi connectivity index (χ2v) is 6.98. The zero-order valence-electron chi connectivity index (χ0n) is 15.5. The van der Waals surface area contributed by atoms with Crippen LogP contribution in [0.5, 0.6) is 0 Å². The number of alkyl halides is 3. The first-order chi connectivity index (χ1) is 12.4. The molecule has 0 radical (unpaired) electrons. The van der Waals surface area contributed by atoms with Gasteiger partial charge in [-0.3, -0.25) is 9.59 Å². The van der Waals surface area contributed by atoms with Crippen LogP contribution in [0, 0.1) is 19.3 Å². The minimum atomic E-state index is -4.45. The predicted molar refractivity (Wildman–Crippen MR) is 98.4 cm³/mol. The fourth-order valence-corrected chi connectivity index (χ4v) is 2.47. The summed E-state index contributed by atoms with van der Waals surface area (Å²) < 4.78 is 37.8. The van der Waals surface area contributed by atoms with Gasteiger partial charge in [0.1, 0.15) is 5.41 Å². The summed E-state index contributed by atoms with van der Waals surface area (Å²) in [5, 5.41) is 5.19. The zero-order chi connectivity index (χ0) is 20.4. The number of carbonyl (C=O) groups excluding carboxylic acids is 2. The third-order valence-corrected chi connectivity index (χ3v) is 4.08. The fraction of sp³-hybridized carbons (Fsp3) is 0.300. The third kappa shape index (κ3) is 5.09. The van der Waals surface area contributed by atoms with E-state index in [1.807, 2.05) is 19.9 Å². The summed E-state index contributed by atoms with van der Waals surface area (Å²) in [6.45, 7) is 6.69. The van der Waals surface area contributed by atoms with Crippen LogP contribution < -0.4 is 10.6 Å². The monoisotopic (exact) mass is 378 g/mol. The third-order valence-electron chi connectivity index (χ3n) is 4.08. The van der Waals surface area contributed by atoms with Crippen molar-refractivity contribution in [2.24, 2.45) is 5.41 Å². The maximum absolute atomic E-state index is 12.6. The van der Waals surface area contributed by atoms with Gasteiger partial charge in [-0.2, -0.15) is 13.2 Å². The summed E-state index contributed by atoms with van der Waals surface area (Å²) >= 11 is 0. The standard InChI is InChI=1S/C20H21F3N2O2/c1-12-9-13(2)11-16(10-12)25-18(27)19(3,4)17(26)24-15-7-5-14(6-8-15)20(21,22)23/h5-11H,1-4H3,(H,24,26)(H,25,27). The molecular weight excluding hydrogens is 357 g/mol. The molecule has 0 aliphatic carbocycles. The molecule has 0 unspecified atom stereocenters. The molecule has 0 aliphatic heterocycles. The molecule has 144 valence electrons. The molecule has 0 bridgehead atoms. The number of benzene rings is 2. The van der Waals surface area contributed by atoms with E-state index < -0.39 is 29.0 Å². The molecule has 0 heterocycles. The Bertz CT molecular complexity index is 836. The molecule has 2 aromatic carbocycles. The molecule has 2 N–H and O–H groups in total. The van der Waals surface area contributed by atoms with Crippen molar-refractivity contribution in [1.82, 2.24) is 0 Å². The van der Waals surface area contributed by atoms with E-state index >= 15 is 0 Å². The van der Waals surface area contributed by atoms with Gasteiger partial charge in [-0.15, -0.1) is 0 Å². The number of hydrogen-bond donors (Lipinski definition) is 2. The molecule has 0 saturated carbocycles. The maximum Gasteiger partial charge on any atom is 0.416 e. The number of hydrogen-bond acceptors (Lipinski definition) is 2. The quantitative estimate of drug-likeness (QED) is 0.742. The van der Waals surface area contributed by atoms with Crippen LogP contribution in [0.1, 0.15) is 30.5 Å².